The van der Waals surface area contributed by atoms with Crippen LogP contribution in [0.15, 0.2) is 24.8 Å². The Morgan fingerprint density at radius 3 is 1.11 bits per heavy atom. The largest absolute Gasteiger partial charge is 1.00 e. The summed E-state index contributed by atoms with van der Waals surface area (Å²) in [5.41, 5.74) is 0. The van der Waals surface area contributed by atoms with E-state index in [-0.39, 0.29) is 133 Å². The van der Waals surface area contributed by atoms with Gasteiger partial charge in [0.15, 0.2) is 12.1 Å². The maximum absolute atomic E-state index is 7.26. The van der Waals surface area contributed by atoms with Gasteiger partial charge in [-0.2, -0.15) is 10.5 Å². The molecule has 0 saturated carbocycles. The average Bonchev–Trinajstić information content (AvgIpc) is 3.17. The number of nitrogens with zero attached hydrogens (tertiary/aromatic N) is 7. The SMILES string of the molecule is CCN1C=CN(C)C1.CCN1C=CN(C)C1.N#CC#N.O.[B-]C#N.[Cl-].[Cl-].[K+].[K+]. The fourth-order valence-corrected chi connectivity index (χ4v) is 1.59. The Bertz CT molecular complexity index is 458. The normalized spacial score (nSPS) is 11.1. The van der Waals surface area contributed by atoms with E-state index in [0.717, 1.165) is 26.4 Å². The Morgan fingerprint density at radius 2 is 1.04 bits per heavy atom. The second-order valence-corrected chi connectivity index (χ2v) is 4.56. The van der Waals surface area contributed by atoms with Crippen LogP contribution in [-0.2, 0) is 0 Å². The predicted octanol–water partition coefficient (Wildman–Crippen LogP) is -11.8. The van der Waals surface area contributed by atoms with Crippen LogP contribution in [0.25, 0.3) is 0 Å². The summed E-state index contributed by atoms with van der Waals surface area (Å²) in [7, 11) is 8.30. The van der Waals surface area contributed by atoms with Crippen LogP contribution in [-0.4, -0.2) is 73.4 Å². The molecule has 28 heavy (non-hydrogen) atoms. The second-order valence-electron chi connectivity index (χ2n) is 4.56. The van der Waals surface area contributed by atoms with Crippen LogP contribution < -0.4 is 128 Å². The number of nitriles is 3. The van der Waals surface area contributed by atoms with E-state index in [9.17, 15) is 0 Å². The summed E-state index contributed by atoms with van der Waals surface area (Å²) < 4.78 is 0. The maximum atomic E-state index is 7.26. The fraction of sp³-hybridized carbons (Fsp3) is 0.533. The smallest absolute Gasteiger partial charge is 1.00 e. The molecule has 2 aliphatic rings. The van der Waals surface area contributed by atoms with Gasteiger partial charge in [0, 0.05) is 52.0 Å². The van der Waals surface area contributed by atoms with E-state index in [4.69, 9.17) is 15.8 Å². The first-order valence-corrected chi connectivity index (χ1v) is 7.11. The van der Waals surface area contributed by atoms with Gasteiger partial charge in [0.05, 0.1) is 13.3 Å². The molecule has 3 radical (unpaired) electrons. The molecule has 2 N–H and O–H groups in total. The summed E-state index contributed by atoms with van der Waals surface area (Å²) >= 11 is 0. The van der Waals surface area contributed by atoms with Crippen LogP contribution in [0.4, 0.5) is 0 Å². The molecule has 0 aromatic carbocycles. The van der Waals surface area contributed by atoms with Gasteiger partial charge in [0.1, 0.15) is 0 Å². The van der Waals surface area contributed by atoms with Gasteiger partial charge in [-0.25, -0.2) is 0 Å². The minimum atomic E-state index is 0. The van der Waals surface area contributed by atoms with Crippen molar-refractivity contribution in [1.29, 1.82) is 15.8 Å². The zero-order chi connectivity index (χ0) is 18.1. The molecule has 0 bridgehead atoms. The summed E-state index contributed by atoms with van der Waals surface area (Å²) in [6.45, 7) is 8.64. The molecule has 0 amide bonds. The van der Waals surface area contributed by atoms with E-state index >= 15 is 0 Å². The summed E-state index contributed by atoms with van der Waals surface area (Å²) in [5, 5.41) is 21.6. The molecule has 0 saturated heterocycles. The molecule has 2 aliphatic heterocycles. The van der Waals surface area contributed by atoms with Gasteiger partial charge in [0.2, 0.25) is 0 Å². The van der Waals surface area contributed by atoms with Crippen molar-refractivity contribution in [2.75, 3.05) is 40.5 Å². The summed E-state index contributed by atoms with van der Waals surface area (Å²) in [4.78, 5) is 8.81. The van der Waals surface area contributed by atoms with Gasteiger partial charge in [0.25, 0.3) is 0 Å². The van der Waals surface area contributed by atoms with Crippen molar-refractivity contribution in [2.24, 2.45) is 0 Å². The van der Waals surface area contributed by atoms with Crippen molar-refractivity contribution < 1.29 is 133 Å². The monoisotopic (exact) mass is 479 g/mol. The molecule has 2 rings (SSSR count). The molecule has 0 fully saturated rings. The third kappa shape index (κ3) is 31.7. The zero-order valence-corrected chi connectivity index (χ0v) is 25.4. The van der Waals surface area contributed by atoms with Gasteiger partial charge in [-0.15, -0.1) is 0 Å². The summed E-state index contributed by atoms with van der Waals surface area (Å²) in [6, 6.07) is 2.47. The molecule has 8 nitrogen and oxygen atoms in total. The molecular formula is C15H26BCl2K2N7O-. The Balaban J connectivity index is -0.0000000422. The quantitative estimate of drug-likeness (QED) is 0.361. The molecule has 2 heterocycles. The molecule has 0 aromatic rings. The van der Waals surface area contributed by atoms with Crippen LogP contribution in [0.1, 0.15) is 13.8 Å². The van der Waals surface area contributed by atoms with Crippen molar-refractivity contribution in [3.63, 3.8) is 0 Å². The van der Waals surface area contributed by atoms with Gasteiger partial charge < -0.3 is 57.7 Å². The van der Waals surface area contributed by atoms with Crippen molar-refractivity contribution >= 4 is 7.85 Å². The van der Waals surface area contributed by atoms with Crippen LogP contribution >= 0.6 is 0 Å². The molecule has 0 atom stereocenters. The molecule has 13 heteroatoms. The van der Waals surface area contributed by atoms with Crippen molar-refractivity contribution in [3.8, 4) is 18.1 Å². The van der Waals surface area contributed by atoms with Crippen LogP contribution in [0.2, 0.25) is 0 Å². The van der Waals surface area contributed by atoms with E-state index in [2.05, 4.69) is 80.2 Å². The number of rotatable bonds is 2. The van der Waals surface area contributed by atoms with Crippen molar-refractivity contribution in [2.45, 2.75) is 13.8 Å². The Labute approximate surface area is 268 Å². The molecule has 0 spiro atoms. The van der Waals surface area contributed by atoms with Crippen LogP contribution in [0, 0.1) is 33.9 Å². The van der Waals surface area contributed by atoms with E-state index in [1.807, 2.05) is 0 Å². The first-order chi connectivity index (χ1) is 11.0. The predicted molar refractivity (Wildman–Crippen MR) is 94.5 cm³/mol. The van der Waals surface area contributed by atoms with Gasteiger partial charge in [-0.1, -0.05) is 0 Å². The Kier molecular flexibility index (Phi) is 59.5. The van der Waals surface area contributed by atoms with E-state index in [1.54, 1.807) is 0 Å². The van der Waals surface area contributed by atoms with Crippen LogP contribution in [0.3, 0.4) is 0 Å². The van der Waals surface area contributed by atoms with Crippen molar-refractivity contribution in [3.05, 3.63) is 24.8 Å². The van der Waals surface area contributed by atoms with Gasteiger partial charge >= 0.3 is 103 Å². The molecule has 0 unspecified atom stereocenters. The van der Waals surface area contributed by atoms with Crippen LogP contribution in [0.5, 0.6) is 0 Å². The molecule has 0 aromatic heterocycles. The molecular weight excluding hydrogens is 454 g/mol. The first-order valence-electron chi connectivity index (χ1n) is 7.11. The minimum absolute atomic E-state index is 0. The average molecular weight is 480 g/mol. The maximum Gasteiger partial charge on any atom is 1.00 e. The van der Waals surface area contributed by atoms with E-state index in [0.29, 0.717) is 0 Å². The summed E-state index contributed by atoms with van der Waals surface area (Å²) in [5.74, 6) is 1.25. The third-order valence-electron chi connectivity index (χ3n) is 2.74. The summed E-state index contributed by atoms with van der Waals surface area (Å²) in [6.07, 6.45) is 8.40. The number of hydrogen-bond acceptors (Lipinski definition) is 7. The first kappa shape index (κ1) is 47.0. The fourth-order valence-electron chi connectivity index (χ4n) is 1.59. The number of hydrogen-bond donors (Lipinski definition) is 0. The Morgan fingerprint density at radius 1 is 0.786 bits per heavy atom. The second kappa shape index (κ2) is 35.5. The third-order valence-corrected chi connectivity index (χ3v) is 2.74. The van der Waals surface area contributed by atoms with E-state index < -0.39 is 0 Å². The van der Waals surface area contributed by atoms with Gasteiger partial charge in [-0.05, 0) is 13.8 Å². The molecule has 147 valence electrons. The Hall–Kier alpha value is 1.03. The zero-order valence-electron chi connectivity index (χ0n) is 17.6. The van der Waals surface area contributed by atoms with Gasteiger partial charge in [-0.3, -0.25) is 11.2 Å². The van der Waals surface area contributed by atoms with Crippen molar-refractivity contribution in [1.82, 2.24) is 19.6 Å². The van der Waals surface area contributed by atoms with E-state index in [1.165, 1.54) is 18.1 Å². The number of halogens is 2. The topological polar surface area (TPSA) is 116 Å². The molecule has 0 aliphatic carbocycles. The minimum Gasteiger partial charge on any atom is -1.00 e. The standard InChI is InChI=1S/2C6H12N2.C2N2.CBN.2ClH.2K.H2O/c2*1-3-8-5-4-7(2)6-8;3-1-2-4;2-1-3;;;;;/h2*4-5H,3,6H2,1-2H3;;;2*1H;;;1H2/q;;;-1;;;2*+1;/p-2.